The van der Waals surface area contributed by atoms with Crippen LogP contribution >= 0.6 is 0 Å². The minimum Gasteiger partial charge on any atom is -0.467 e. The Balaban J connectivity index is 1.75. The average Bonchev–Trinajstić information content (AvgIpc) is 3.33. The third kappa shape index (κ3) is 3.61. The summed E-state index contributed by atoms with van der Waals surface area (Å²) in [6.45, 7) is -2.83. The molecule has 3 heterocycles. The fourth-order valence-corrected chi connectivity index (χ4v) is 2.25. The highest BCUT2D eigenvalue weighted by Crippen LogP contribution is 2.17. The summed E-state index contributed by atoms with van der Waals surface area (Å²) in [4.78, 5) is 24.5. The Labute approximate surface area is 145 Å². The molecule has 11 heteroatoms. The molecule has 0 aliphatic rings. The van der Waals surface area contributed by atoms with Crippen LogP contribution in [0.1, 0.15) is 33.3 Å². The van der Waals surface area contributed by atoms with Crippen LogP contribution in [0, 0.1) is 0 Å². The SMILES string of the molecule is Cn1cc(NC(=O)c2ccnn2C(F)F)c(C(=O)NCc2ccco2)n1. The number of nitrogens with zero attached hydrogens (tertiary/aromatic N) is 4. The number of carbonyl (C=O) groups is 2. The van der Waals surface area contributed by atoms with Crippen LogP contribution in [-0.4, -0.2) is 31.4 Å². The molecule has 0 fully saturated rings. The standard InChI is InChI=1S/C15H14F2N6O3/c1-22-8-10(20-13(24)11-4-5-19-23(11)15(16)17)12(21-22)14(25)18-7-9-3-2-6-26-9/h2-6,8,15H,7H2,1H3,(H,18,25)(H,20,24). The number of aryl methyl sites for hydroxylation is 1. The lowest BCUT2D eigenvalue weighted by atomic mass is 10.3. The first-order valence-electron chi connectivity index (χ1n) is 7.43. The van der Waals surface area contributed by atoms with Gasteiger partial charge in [-0.25, -0.2) is 0 Å². The number of furan rings is 1. The Kier molecular flexibility index (Phi) is 4.78. The van der Waals surface area contributed by atoms with Crippen molar-refractivity contribution in [3.63, 3.8) is 0 Å². The van der Waals surface area contributed by atoms with E-state index in [-0.39, 0.29) is 28.3 Å². The van der Waals surface area contributed by atoms with Gasteiger partial charge in [0.15, 0.2) is 5.69 Å². The summed E-state index contributed by atoms with van der Waals surface area (Å²) in [5, 5.41) is 12.4. The number of halogens is 2. The number of carbonyl (C=O) groups excluding carboxylic acids is 2. The van der Waals surface area contributed by atoms with E-state index >= 15 is 0 Å². The fraction of sp³-hybridized carbons (Fsp3) is 0.200. The van der Waals surface area contributed by atoms with Crippen LogP contribution in [0.2, 0.25) is 0 Å². The van der Waals surface area contributed by atoms with Crippen molar-refractivity contribution in [3.8, 4) is 0 Å². The van der Waals surface area contributed by atoms with Crippen LogP contribution in [0.5, 0.6) is 0 Å². The fourth-order valence-electron chi connectivity index (χ4n) is 2.25. The molecular weight excluding hydrogens is 350 g/mol. The van der Waals surface area contributed by atoms with Crippen molar-refractivity contribution >= 4 is 17.5 Å². The maximum Gasteiger partial charge on any atom is 0.333 e. The van der Waals surface area contributed by atoms with E-state index in [2.05, 4.69) is 20.8 Å². The van der Waals surface area contributed by atoms with Gasteiger partial charge >= 0.3 is 6.55 Å². The summed E-state index contributed by atoms with van der Waals surface area (Å²) >= 11 is 0. The first-order chi connectivity index (χ1) is 12.5. The van der Waals surface area contributed by atoms with Crippen LogP contribution < -0.4 is 10.6 Å². The lowest BCUT2D eigenvalue weighted by Crippen LogP contribution is -2.25. The molecule has 0 saturated carbocycles. The number of alkyl halides is 2. The second-order valence-electron chi connectivity index (χ2n) is 5.22. The smallest absolute Gasteiger partial charge is 0.333 e. The molecule has 0 aromatic carbocycles. The van der Waals surface area contributed by atoms with E-state index in [9.17, 15) is 18.4 Å². The molecule has 0 radical (unpaired) electrons. The van der Waals surface area contributed by atoms with Crippen molar-refractivity contribution in [1.82, 2.24) is 24.9 Å². The van der Waals surface area contributed by atoms with Gasteiger partial charge in [-0.15, -0.1) is 0 Å². The van der Waals surface area contributed by atoms with Gasteiger partial charge < -0.3 is 15.1 Å². The van der Waals surface area contributed by atoms with Gasteiger partial charge in [-0.1, -0.05) is 0 Å². The molecule has 3 rings (SSSR count). The first kappa shape index (κ1) is 17.3. The minimum atomic E-state index is -2.96. The summed E-state index contributed by atoms with van der Waals surface area (Å²) < 4.78 is 32.4. The number of aromatic nitrogens is 4. The molecule has 3 aromatic rings. The van der Waals surface area contributed by atoms with E-state index < -0.39 is 18.4 Å². The second kappa shape index (κ2) is 7.17. The van der Waals surface area contributed by atoms with Gasteiger partial charge in [0.1, 0.15) is 11.5 Å². The minimum absolute atomic E-state index is 0.0597. The van der Waals surface area contributed by atoms with Gasteiger partial charge in [0, 0.05) is 19.4 Å². The number of hydrogen-bond donors (Lipinski definition) is 2. The number of hydrogen-bond acceptors (Lipinski definition) is 5. The Bertz CT molecular complexity index is 916. The van der Waals surface area contributed by atoms with Crippen molar-refractivity contribution in [2.24, 2.45) is 7.05 Å². The average molecular weight is 364 g/mol. The molecular formula is C15H14F2N6O3. The molecule has 0 spiro atoms. The Morgan fingerprint density at radius 2 is 2.12 bits per heavy atom. The monoisotopic (exact) mass is 364 g/mol. The molecule has 3 aromatic heterocycles. The molecule has 136 valence electrons. The molecule has 0 bridgehead atoms. The van der Waals surface area contributed by atoms with Gasteiger partial charge in [0.25, 0.3) is 11.8 Å². The Hall–Kier alpha value is -3.50. The van der Waals surface area contributed by atoms with Crippen LogP contribution in [0.25, 0.3) is 0 Å². The number of anilines is 1. The topological polar surface area (TPSA) is 107 Å². The molecule has 9 nitrogen and oxygen atoms in total. The summed E-state index contributed by atoms with van der Waals surface area (Å²) in [5.41, 5.74) is -0.322. The van der Waals surface area contributed by atoms with E-state index in [1.807, 2.05) is 0 Å². The summed E-state index contributed by atoms with van der Waals surface area (Å²) in [6.07, 6.45) is 3.95. The summed E-state index contributed by atoms with van der Waals surface area (Å²) in [5.74, 6) is -0.851. The molecule has 2 amide bonds. The molecule has 26 heavy (non-hydrogen) atoms. The number of rotatable bonds is 6. The Morgan fingerprint density at radius 1 is 1.31 bits per heavy atom. The van der Waals surface area contributed by atoms with Gasteiger partial charge in [-0.2, -0.15) is 23.7 Å². The molecule has 0 unspecified atom stereocenters. The zero-order chi connectivity index (χ0) is 18.7. The van der Waals surface area contributed by atoms with Crippen LogP contribution in [0.15, 0.2) is 41.3 Å². The van der Waals surface area contributed by atoms with Crippen molar-refractivity contribution in [2.45, 2.75) is 13.1 Å². The Morgan fingerprint density at radius 3 is 2.81 bits per heavy atom. The normalized spacial score (nSPS) is 10.9. The predicted octanol–water partition coefficient (Wildman–Crippen LogP) is 1.79. The zero-order valence-electron chi connectivity index (χ0n) is 13.5. The third-order valence-electron chi connectivity index (χ3n) is 3.38. The highest BCUT2D eigenvalue weighted by Gasteiger charge is 2.22. The van der Waals surface area contributed by atoms with Crippen LogP contribution in [0.4, 0.5) is 14.5 Å². The van der Waals surface area contributed by atoms with Crippen molar-refractivity contribution in [1.29, 1.82) is 0 Å². The van der Waals surface area contributed by atoms with Crippen molar-refractivity contribution in [2.75, 3.05) is 5.32 Å². The van der Waals surface area contributed by atoms with Gasteiger partial charge in [0.05, 0.1) is 18.5 Å². The van der Waals surface area contributed by atoms with E-state index in [1.165, 1.54) is 17.1 Å². The first-order valence-corrected chi connectivity index (χ1v) is 7.43. The van der Waals surface area contributed by atoms with Crippen molar-refractivity contribution in [3.05, 3.63) is 54.0 Å². The van der Waals surface area contributed by atoms with Crippen LogP contribution in [-0.2, 0) is 13.6 Å². The summed E-state index contributed by atoms with van der Waals surface area (Å²) in [6, 6.07) is 4.52. The maximum absolute atomic E-state index is 12.8. The lowest BCUT2D eigenvalue weighted by molar-refractivity contribution is 0.0520. The zero-order valence-corrected chi connectivity index (χ0v) is 13.5. The number of amides is 2. The second-order valence-corrected chi connectivity index (χ2v) is 5.22. The van der Waals surface area contributed by atoms with Gasteiger partial charge in [-0.05, 0) is 18.2 Å². The van der Waals surface area contributed by atoms with Gasteiger partial charge in [-0.3, -0.25) is 14.3 Å². The van der Waals surface area contributed by atoms with Crippen LogP contribution in [0.3, 0.4) is 0 Å². The molecule has 0 saturated heterocycles. The van der Waals surface area contributed by atoms with E-state index in [0.717, 1.165) is 12.3 Å². The summed E-state index contributed by atoms with van der Waals surface area (Å²) in [7, 11) is 1.56. The molecule has 2 N–H and O–H groups in total. The number of nitrogens with one attached hydrogen (secondary N) is 2. The third-order valence-corrected chi connectivity index (χ3v) is 3.38. The lowest BCUT2D eigenvalue weighted by Gasteiger charge is -2.07. The maximum atomic E-state index is 12.8. The van der Waals surface area contributed by atoms with Crippen molar-refractivity contribution < 1.29 is 22.8 Å². The largest absolute Gasteiger partial charge is 0.467 e. The molecule has 0 aliphatic carbocycles. The highest BCUT2D eigenvalue weighted by atomic mass is 19.3. The molecule has 0 atom stereocenters. The van der Waals surface area contributed by atoms with E-state index in [0.29, 0.717) is 5.76 Å². The quantitative estimate of drug-likeness (QED) is 0.693. The van der Waals surface area contributed by atoms with E-state index in [4.69, 9.17) is 4.42 Å². The predicted molar refractivity (Wildman–Crippen MR) is 84.5 cm³/mol. The highest BCUT2D eigenvalue weighted by molar-refractivity contribution is 6.07. The molecule has 0 aliphatic heterocycles. The van der Waals surface area contributed by atoms with E-state index in [1.54, 1.807) is 19.2 Å². The van der Waals surface area contributed by atoms with Gasteiger partial charge in [0.2, 0.25) is 0 Å².